The Morgan fingerprint density at radius 1 is 0.958 bits per heavy atom. The minimum absolute atomic E-state index is 0.578. The van der Waals surface area contributed by atoms with Crippen LogP contribution in [0.25, 0.3) is 0 Å². The largest absolute Gasteiger partial charge is 0.369 e. The van der Waals surface area contributed by atoms with Crippen molar-refractivity contribution in [3.63, 3.8) is 0 Å². The predicted octanol–water partition coefficient (Wildman–Crippen LogP) is 2.02. The molecule has 1 aromatic rings. The Kier molecular flexibility index (Phi) is 5.63. The minimum Gasteiger partial charge on any atom is -0.369 e. The summed E-state index contributed by atoms with van der Waals surface area (Å²) in [6.45, 7) is 4.33. The van der Waals surface area contributed by atoms with Crippen molar-refractivity contribution in [3.8, 4) is 0 Å². The molecule has 0 radical (unpaired) electrons. The standard InChI is InChI=1S/C17H28N4O2S/c1-18-24(22,23)19-15-7-9-17(10-8-15)21-13-11-20(12-14-21)16-5-3-2-4-6-16/h7-10,16,18-19H,2-6,11-14H2,1H3. The number of nitrogens with one attached hydrogen (secondary N) is 2. The molecule has 0 atom stereocenters. The molecular weight excluding hydrogens is 324 g/mol. The lowest BCUT2D eigenvalue weighted by Crippen LogP contribution is -2.50. The molecule has 1 aromatic carbocycles. The number of hydrogen-bond acceptors (Lipinski definition) is 4. The Hall–Kier alpha value is -1.31. The Bertz CT molecular complexity index is 618. The van der Waals surface area contributed by atoms with E-state index in [9.17, 15) is 8.42 Å². The van der Waals surface area contributed by atoms with Crippen molar-refractivity contribution in [2.75, 3.05) is 42.8 Å². The van der Waals surface area contributed by atoms with Gasteiger partial charge in [0.1, 0.15) is 0 Å². The van der Waals surface area contributed by atoms with E-state index in [0.717, 1.165) is 37.9 Å². The molecule has 3 rings (SSSR count). The van der Waals surface area contributed by atoms with Crippen LogP contribution in [0.15, 0.2) is 24.3 Å². The van der Waals surface area contributed by atoms with Crippen molar-refractivity contribution in [2.24, 2.45) is 0 Å². The topological polar surface area (TPSA) is 64.7 Å². The molecule has 0 unspecified atom stereocenters. The first-order valence-corrected chi connectivity index (χ1v) is 10.4. The van der Waals surface area contributed by atoms with E-state index >= 15 is 0 Å². The van der Waals surface area contributed by atoms with Gasteiger partial charge in [0.25, 0.3) is 10.2 Å². The van der Waals surface area contributed by atoms with Crippen molar-refractivity contribution >= 4 is 21.6 Å². The normalized spacial score (nSPS) is 21.0. The van der Waals surface area contributed by atoms with Crippen LogP contribution in [0.1, 0.15) is 32.1 Å². The van der Waals surface area contributed by atoms with Crippen LogP contribution in [0, 0.1) is 0 Å². The summed E-state index contributed by atoms with van der Waals surface area (Å²) in [5, 5.41) is 0. The summed E-state index contributed by atoms with van der Waals surface area (Å²) in [5.41, 5.74) is 1.74. The lowest BCUT2D eigenvalue weighted by atomic mass is 9.94. The van der Waals surface area contributed by atoms with Gasteiger partial charge in [-0.3, -0.25) is 9.62 Å². The summed E-state index contributed by atoms with van der Waals surface area (Å²) in [6.07, 6.45) is 6.89. The van der Waals surface area contributed by atoms with Gasteiger partial charge in [0.2, 0.25) is 0 Å². The summed E-state index contributed by atoms with van der Waals surface area (Å²) in [5.74, 6) is 0. The van der Waals surface area contributed by atoms with Crippen LogP contribution in [-0.2, 0) is 10.2 Å². The second kappa shape index (κ2) is 7.72. The maximum atomic E-state index is 11.5. The first-order chi connectivity index (χ1) is 11.6. The zero-order valence-electron chi connectivity index (χ0n) is 14.4. The molecule has 0 bridgehead atoms. The molecular formula is C17H28N4O2S. The summed E-state index contributed by atoms with van der Waals surface area (Å²) in [6, 6.07) is 8.41. The van der Waals surface area contributed by atoms with Gasteiger partial charge >= 0.3 is 0 Å². The average molecular weight is 353 g/mol. The fourth-order valence-electron chi connectivity index (χ4n) is 3.74. The second-order valence-corrected chi connectivity index (χ2v) is 8.29. The average Bonchev–Trinajstić information content (AvgIpc) is 2.63. The molecule has 6 nitrogen and oxygen atoms in total. The molecule has 1 heterocycles. The lowest BCUT2D eigenvalue weighted by Gasteiger charge is -2.41. The van der Waals surface area contributed by atoms with E-state index in [1.54, 1.807) is 0 Å². The van der Waals surface area contributed by atoms with Crippen molar-refractivity contribution < 1.29 is 8.42 Å². The van der Waals surface area contributed by atoms with E-state index < -0.39 is 10.2 Å². The number of hydrogen-bond donors (Lipinski definition) is 2. The van der Waals surface area contributed by atoms with E-state index in [-0.39, 0.29) is 0 Å². The molecule has 0 amide bonds. The Morgan fingerprint density at radius 3 is 2.17 bits per heavy atom. The Morgan fingerprint density at radius 2 is 1.58 bits per heavy atom. The summed E-state index contributed by atoms with van der Waals surface area (Å²) >= 11 is 0. The SMILES string of the molecule is CNS(=O)(=O)Nc1ccc(N2CCN(C3CCCCC3)CC2)cc1. The monoisotopic (exact) mass is 352 g/mol. The van der Waals surface area contributed by atoms with Crippen LogP contribution in [-0.4, -0.2) is 52.6 Å². The molecule has 1 saturated carbocycles. The Balaban J connectivity index is 1.54. The molecule has 24 heavy (non-hydrogen) atoms. The molecule has 1 aliphatic heterocycles. The maximum Gasteiger partial charge on any atom is 0.298 e. The van der Waals surface area contributed by atoms with Gasteiger partial charge in [-0.05, 0) is 37.1 Å². The molecule has 1 saturated heterocycles. The highest BCUT2D eigenvalue weighted by Gasteiger charge is 2.25. The van der Waals surface area contributed by atoms with Crippen LogP contribution in [0.4, 0.5) is 11.4 Å². The van der Waals surface area contributed by atoms with Gasteiger partial charge in [0.05, 0.1) is 0 Å². The van der Waals surface area contributed by atoms with Gasteiger partial charge in [-0.25, -0.2) is 4.72 Å². The molecule has 2 N–H and O–H groups in total. The highest BCUT2D eigenvalue weighted by Crippen LogP contribution is 2.25. The summed E-state index contributed by atoms with van der Waals surface area (Å²) in [7, 11) is -2.06. The van der Waals surface area contributed by atoms with Crippen LogP contribution < -0.4 is 14.3 Å². The fraction of sp³-hybridized carbons (Fsp3) is 0.647. The van der Waals surface area contributed by atoms with Gasteiger partial charge in [0.15, 0.2) is 0 Å². The zero-order chi connectivity index (χ0) is 17.0. The first kappa shape index (κ1) is 17.5. The van der Waals surface area contributed by atoms with E-state index in [0.29, 0.717) is 5.69 Å². The van der Waals surface area contributed by atoms with Gasteiger partial charge in [0, 0.05) is 50.6 Å². The first-order valence-electron chi connectivity index (χ1n) is 8.88. The van der Waals surface area contributed by atoms with E-state index in [1.807, 2.05) is 24.3 Å². The molecule has 7 heteroatoms. The van der Waals surface area contributed by atoms with Crippen molar-refractivity contribution in [1.82, 2.24) is 9.62 Å². The fourth-order valence-corrected chi connectivity index (χ4v) is 4.29. The molecule has 0 aromatic heterocycles. The smallest absolute Gasteiger partial charge is 0.298 e. The number of nitrogens with zero attached hydrogens (tertiary/aromatic N) is 2. The number of anilines is 2. The number of rotatable bonds is 5. The minimum atomic E-state index is -3.45. The maximum absolute atomic E-state index is 11.5. The van der Waals surface area contributed by atoms with Gasteiger partial charge in [-0.1, -0.05) is 19.3 Å². The summed E-state index contributed by atoms with van der Waals surface area (Å²) in [4.78, 5) is 5.04. The van der Waals surface area contributed by atoms with Crippen molar-refractivity contribution in [3.05, 3.63) is 24.3 Å². The van der Waals surface area contributed by atoms with E-state index in [2.05, 4.69) is 19.2 Å². The van der Waals surface area contributed by atoms with Crippen LogP contribution in [0.5, 0.6) is 0 Å². The van der Waals surface area contributed by atoms with E-state index in [4.69, 9.17) is 0 Å². The molecule has 2 aliphatic rings. The predicted molar refractivity (Wildman–Crippen MR) is 98.7 cm³/mol. The third kappa shape index (κ3) is 4.40. The van der Waals surface area contributed by atoms with Crippen LogP contribution in [0.2, 0.25) is 0 Å². The Labute approximate surface area is 145 Å². The highest BCUT2D eigenvalue weighted by atomic mass is 32.2. The van der Waals surface area contributed by atoms with Crippen molar-refractivity contribution in [1.29, 1.82) is 0 Å². The third-order valence-electron chi connectivity index (χ3n) is 5.16. The van der Waals surface area contributed by atoms with Gasteiger partial charge < -0.3 is 4.90 Å². The molecule has 2 fully saturated rings. The van der Waals surface area contributed by atoms with Crippen LogP contribution in [0.3, 0.4) is 0 Å². The quantitative estimate of drug-likeness (QED) is 0.851. The van der Waals surface area contributed by atoms with Crippen molar-refractivity contribution in [2.45, 2.75) is 38.1 Å². The third-order valence-corrected chi connectivity index (χ3v) is 6.20. The number of benzene rings is 1. The van der Waals surface area contributed by atoms with E-state index in [1.165, 1.54) is 39.2 Å². The summed E-state index contributed by atoms with van der Waals surface area (Å²) < 4.78 is 27.7. The molecule has 0 spiro atoms. The van der Waals surface area contributed by atoms with Gasteiger partial charge in [-0.2, -0.15) is 8.42 Å². The van der Waals surface area contributed by atoms with Crippen LogP contribution >= 0.6 is 0 Å². The lowest BCUT2D eigenvalue weighted by molar-refractivity contribution is 0.148. The zero-order valence-corrected chi connectivity index (χ0v) is 15.2. The molecule has 134 valence electrons. The van der Waals surface area contributed by atoms with Gasteiger partial charge in [-0.15, -0.1) is 0 Å². The number of piperazine rings is 1. The molecule has 1 aliphatic carbocycles. The second-order valence-electron chi connectivity index (χ2n) is 6.67. The highest BCUT2D eigenvalue weighted by molar-refractivity contribution is 7.90.